The van der Waals surface area contributed by atoms with Crippen LogP contribution in [0.3, 0.4) is 0 Å². The van der Waals surface area contributed by atoms with E-state index >= 15 is 4.39 Å². The number of hydrogen-bond donors (Lipinski definition) is 2. The number of nitrogens with two attached hydrogens (primary N) is 1. The number of aromatic nitrogens is 2. The zero-order chi connectivity index (χ0) is 55.5. The van der Waals surface area contributed by atoms with Gasteiger partial charge in [-0.1, -0.05) is 51.1 Å². The highest BCUT2D eigenvalue weighted by Gasteiger charge is 2.38. The number of halogens is 2. The van der Waals surface area contributed by atoms with E-state index in [1.807, 2.05) is 55.7 Å². The van der Waals surface area contributed by atoms with Gasteiger partial charge in [0.15, 0.2) is 0 Å². The van der Waals surface area contributed by atoms with Gasteiger partial charge in [0.25, 0.3) is 11.8 Å². The highest BCUT2D eigenvalue weighted by atomic mass is 32.2. The molecule has 3 aromatic rings. The van der Waals surface area contributed by atoms with Crippen molar-refractivity contribution in [3.8, 4) is 11.3 Å². The Labute approximate surface area is 456 Å². The first kappa shape index (κ1) is 64.5. The summed E-state index contributed by atoms with van der Waals surface area (Å²) in [6.07, 6.45) is 5.90. The molecule has 3 N–H and O–H groups in total. The molecule has 2 aromatic carbocycles. The molecule has 1 unspecified atom stereocenters. The largest absolute Gasteiger partial charge is 0.379 e. The summed E-state index contributed by atoms with van der Waals surface area (Å²) in [6, 6.07) is 12.5. The lowest BCUT2D eigenvalue weighted by atomic mass is 9.84. The minimum absolute atomic E-state index is 0.0186. The molecule has 0 radical (unpaired) electrons. The Balaban J connectivity index is 0.948. The van der Waals surface area contributed by atoms with Crippen LogP contribution in [-0.2, 0) is 68.4 Å². The fourth-order valence-electron chi connectivity index (χ4n) is 7.82. The van der Waals surface area contributed by atoms with Gasteiger partial charge in [-0.25, -0.2) is 13.8 Å². The second kappa shape index (κ2) is 37.7. The van der Waals surface area contributed by atoms with Crippen molar-refractivity contribution in [3.05, 3.63) is 89.9 Å². The number of imide groups is 1. The molecule has 0 aliphatic carbocycles. The minimum Gasteiger partial charge on any atom is -0.379 e. The molecule has 4 amide bonds. The van der Waals surface area contributed by atoms with Crippen LogP contribution in [-0.4, -0.2) is 192 Å². The standard InChI is InChI=1S/C55H80F2N6O13S/c1-55(2,3)53(54-60-48(46-39-44(56)12-13-47(46)57)41-61(54)40-43-9-5-4-6-10-43)63(20-8-18-58)52(68)42-77-38-19-59-49(65)17-23-70-25-27-72-29-31-74-33-35-76-37-36-75-34-32-73-30-28-71-26-24-69-22-7-11-45(64)16-21-62-50(66)14-15-51(62)67/h4-6,9-10,12-15,39,41,53H,7-8,11,16-38,40,42,58H2,1-3H3,(H,59,65). The van der Waals surface area contributed by atoms with Crippen molar-refractivity contribution in [2.24, 2.45) is 11.1 Å². The molecule has 0 bridgehead atoms. The van der Waals surface area contributed by atoms with E-state index in [0.29, 0.717) is 156 Å². The Hall–Kier alpha value is -5.01. The van der Waals surface area contributed by atoms with Crippen molar-refractivity contribution in [3.63, 3.8) is 0 Å². The van der Waals surface area contributed by atoms with Crippen molar-refractivity contribution in [1.29, 1.82) is 0 Å². The van der Waals surface area contributed by atoms with Crippen LogP contribution < -0.4 is 11.1 Å². The lowest BCUT2D eigenvalue weighted by Crippen LogP contribution is -2.44. The van der Waals surface area contributed by atoms with Gasteiger partial charge in [0.2, 0.25) is 11.8 Å². The van der Waals surface area contributed by atoms with Crippen molar-refractivity contribution >= 4 is 41.2 Å². The van der Waals surface area contributed by atoms with Gasteiger partial charge in [-0.05, 0) is 48.6 Å². The lowest BCUT2D eigenvalue weighted by Gasteiger charge is -2.40. The number of amides is 4. The van der Waals surface area contributed by atoms with Gasteiger partial charge in [0.1, 0.15) is 23.2 Å². The predicted molar refractivity (Wildman–Crippen MR) is 287 cm³/mol. The molecule has 22 heteroatoms. The van der Waals surface area contributed by atoms with E-state index in [1.54, 1.807) is 11.1 Å². The summed E-state index contributed by atoms with van der Waals surface area (Å²) in [5.41, 5.74) is 6.72. The molecule has 1 aliphatic heterocycles. The molecule has 0 spiro atoms. The summed E-state index contributed by atoms with van der Waals surface area (Å²) in [4.78, 5) is 69.4. The molecule has 0 saturated carbocycles. The number of imidazole rings is 1. The maximum Gasteiger partial charge on any atom is 0.253 e. The molecule has 1 atom stereocenters. The number of thioether (sulfide) groups is 1. The van der Waals surface area contributed by atoms with E-state index < -0.39 is 23.1 Å². The number of carbonyl (C=O) groups is 5. The molecule has 1 aliphatic rings. The monoisotopic (exact) mass is 1100 g/mol. The first-order chi connectivity index (χ1) is 37.3. The lowest BCUT2D eigenvalue weighted by molar-refractivity contribution is -0.137. The Kier molecular flexibility index (Phi) is 31.6. The van der Waals surface area contributed by atoms with Crippen molar-refractivity contribution in [1.82, 2.24) is 24.7 Å². The van der Waals surface area contributed by atoms with Crippen LogP contribution in [0.2, 0.25) is 0 Å². The van der Waals surface area contributed by atoms with Gasteiger partial charge in [-0.15, -0.1) is 0 Å². The third-order valence-electron chi connectivity index (χ3n) is 11.6. The second-order valence-electron chi connectivity index (χ2n) is 18.8. The predicted octanol–water partition coefficient (Wildman–Crippen LogP) is 5.18. The van der Waals surface area contributed by atoms with E-state index in [4.69, 9.17) is 48.6 Å². The number of nitrogens with zero attached hydrogens (tertiary/aromatic N) is 4. The Bertz CT molecular complexity index is 2220. The minimum atomic E-state index is -0.598. The quantitative estimate of drug-likeness (QED) is 0.0550. The summed E-state index contributed by atoms with van der Waals surface area (Å²) in [7, 11) is 0. The van der Waals surface area contributed by atoms with Crippen molar-refractivity contribution in [2.75, 3.05) is 143 Å². The topological polar surface area (TPSA) is 222 Å². The van der Waals surface area contributed by atoms with Crippen LogP contribution in [0.1, 0.15) is 70.3 Å². The van der Waals surface area contributed by atoms with Gasteiger partial charge < -0.3 is 58.4 Å². The first-order valence-corrected chi connectivity index (χ1v) is 27.5. The number of ether oxygens (including phenoxy) is 8. The molecule has 77 heavy (non-hydrogen) atoms. The molecular formula is C55H80F2N6O13S. The van der Waals surface area contributed by atoms with E-state index in [9.17, 15) is 28.4 Å². The molecular weight excluding hydrogens is 1020 g/mol. The smallest absolute Gasteiger partial charge is 0.253 e. The van der Waals surface area contributed by atoms with Gasteiger partial charge in [-0.2, -0.15) is 11.8 Å². The van der Waals surface area contributed by atoms with Crippen molar-refractivity contribution in [2.45, 2.75) is 65.5 Å². The number of ketones is 1. The normalized spacial score (nSPS) is 13.0. The average Bonchev–Trinajstić information content (AvgIpc) is 3.97. The zero-order valence-electron chi connectivity index (χ0n) is 45.1. The fraction of sp³-hybridized carbons (Fsp3) is 0.600. The maximum atomic E-state index is 15.1. The maximum absolute atomic E-state index is 15.1. The number of hydrogen-bond acceptors (Lipinski definition) is 16. The first-order valence-electron chi connectivity index (χ1n) is 26.4. The molecule has 1 aromatic heterocycles. The number of carbonyl (C=O) groups excluding carboxylic acids is 5. The Morgan fingerprint density at radius 1 is 0.714 bits per heavy atom. The number of rotatable bonds is 44. The summed E-state index contributed by atoms with van der Waals surface area (Å²) in [5.74, 6) is -1.03. The van der Waals surface area contributed by atoms with Crippen LogP contribution in [0.5, 0.6) is 0 Å². The van der Waals surface area contributed by atoms with Gasteiger partial charge >= 0.3 is 0 Å². The fourth-order valence-corrected chi connectivity index (χ4v) is 8.55. The number of benzene rings is 2. The number of nitrogens with one attached hydrogen (secondary N) is 1. The third-order valence-corrected chi connectivity index (χ3v) is 12.6. The van der Waals surface area contributed by atoms with E-state index in [0.717, 1.165) is 28.7 Å². The molecule has 428 valence electrons. The van der Waals surface area contributed by atoms with Crippen LogP contribution in [0.15, 0.2) is 66.9 Å². The van der Waals surface area contributed by atoms with Gasteiger partial charge in [0, 0.05) is 81.7 Å². The van der Waals surface area contributed by atoms with Gasteiger partial charge in [-0.3, -0.25) is 28.9 Å². The Morgan fingerprint density at radius 3 is 1.81 bits per heavy atom. The molecule has 4 rings (SSSR count). The third kappa shape index (κ3) is 26.0. The van der Waals surface area contributed by atoms with Crippen LogP contribution in [0.4, 0.5) is 8.78 Å². The molecule has 0 fully saturated rings. The highest BCUT2D eigenvalue weighted by Crippen LogP contribution is 2.40. The second-order valence-corrected chi connectivity index (χ2v) is 19.9. The van der Waals surface area contributed by atoms with Crippen LogP contribution in [0.25, 0.3) is 11.3 Å². The van der Waals surface area contributed by atoms with E-state index in [2.05, 4.69) is 5.32 Å². The molecule has 19 nitrogen and oxygen atoms in total. The number of Topliss-reactive ketones (excluding diaryl/α,β-unsaturated/α-hetero) is 1. The van der Waals surface area contributed by atoms with Crippen LogP contribution >= 0.6 is 11.8 Å². The average molecular weight is 1100 g/mol. The van der Waals surface area contributed by atoms with Crippen molar-refractivity contribution < 1.29 is 70.6 Å². The Morgan fingerprint density at radius 2 is 1.26 bits per heavy atom. The van der Waals surface area contributed by atoms with E-state index in [-0.39, 0.29) is 72.4 Å². The van der Waals surface area contributed by atoms with Gasteiger partial charge in [0.05, 0.1) is 117 Å². The SMILES string of the molecule is CC(C)(C)C(c1nc(-c2cc(F)ccc2F)cn1Cc1ccccc1)N(CCCN)C(=O)CSCCNC(=O)CCOCCOCCOCCOCCOCCOCCOCCOCCCC(=O)CCN1C(=O)C=CC1=O. The van der Waals surface area contributed by atoms with E-state index in [1.165, 1.54) is 23.9 Å². The van der Waals surface area contributed by atoms with Crippen LogP contribution in [0, 0.1) is 17.0 Å². The molecule has 0 saturated heterocycles. The highest BCUT2D eigenvalue weighted by molar-refractivity contribution is 7.99. The summed E-state index contributed by atoms with van der Waals surface area (Å²) >= 11 is 1.41. The zero-order valence-corrected chi connectivity index (χ0v) is 45.9. The molecule has 2 heterocycles. The summed E-state index contributed by atoms with van der Waals surface area (Å²) in [5, 5.41) is 2.88. The summed E-state index contributed by atoms with van der Waals surface area (Å²) < 4.78 is 75.4. The summed E-state index contributed by atoms with van der Waals surface area (Å²) in [6.45, 7) is 14.1.